The summed E-state index contributed by atoms with van der Waals surface area (Å²) < 4.78 is 5.97. The number of hydrogen-bond acceptors (Lipinski definition) is 6. The Hall–Kier alpha value is -1.60. The summed E-state index contributed by atoms with van der Waals surface area (Å²) >= 11 is 0. The van der Waals surface area contributed by atoms with Crippen LogP contribution < -0.4 is 31.3 Å². The minimum absolute atomic E-state index is 0.0733. The van der Waals surface area contributed by atoms with Crippen molar-refractivity contribution in [1.82, 2.24) is 21.3 Å². The van der Waals surface area contributed by atoms with Gasteiger partial charge in [-0.25, -0.2) is 0 Å². The third-order valence-corrected chi connectivity index (χ3v) is 5.23. The van der Waals surface area contributed by atoms with Gasteiger partial charge in [0.1, 0.15) is 12.0 Å². The molecule has 0 aromatic heterocycles. The summed E-state index contributed by atoms with van der Waals surface area (Å²) in [4.78, 5) is 0. The summed E-state index contributed by atoms with van der Waals surface area (Å²) in [5.74, 6) is 1.09. The van der Waals surface area contributed by atoms with E-state index in [2.05, 4.69) is 44.8 Å². The van der Waals surface area contributed by atoms with Crippen LogP contribution in [-0.4, -0.2) is 45.7 Å². The van der Waals surface area contributed by atoms with E-state index in [4.69, 9.17) is 4.74 Å². The van der Waals surface area contributed by atoms with E-state index in [1.807, 2.05) is 7.05 Å². The SMILES string of the molecule is CNC1CCNC(Nc2cc3c(c(C4=CCNCCC4)c2)OCC3)N1. The Kier molecular flexibility index (Phi) is 5.22. The van der Waals surface area contributed by atoms with Crippen LogP contribution in [0.5, 0.6) is 5.75 Å². The molecule has 1 fully saturated rings. The van der Waals surface area contributed by atoms with Gasteiger partial charge in [-0.15, -0.1) is 0 Å². The molecule has 136 valence electrons. The van der Waals surface area contributed by atoms with Crippen LogP contribution in [-0.2, 0) is 6.42 Å². The van der Waals surface area contributed by atoms with Crippen LogP contribution in [0, 0.1) is 0 Å². The fraction of sp³-hybridized carbons (Fsp3) is 0.579. The smallest absolute Gasteiger partial charge is 0.133 e. The molecule has 6 nitrogen and oxygen atoms in total. The van der Waals surface area contributed by atoms with Crippen LogP contribution in [0.3, 0.4) is 0 Å². The second-order valence-corrected chi connectivity index (χ2v) is 6.98. The number of anilines is 1. The molecule has 0 bridgehead atoms. The summed E-state index contributed by atoms with van der Waals surface area (Å²) in [5, 5.41) is 17.4. The van der Waals surface area contributed by atoms with E-state index in [1.54, 1.807) is 0 Å². The predicted octanol–water partition coefficient (Wildman–Crippen LogP) is 1.21. The molecule has 0 aliphatic carbocycles. The van der Waals surface area contributed by atoms with Crippen LogP contribution in [0.15, 0.2) is 18.2 Å². The van der Waals surface area contributed by atoms with Gasteiger partial charge in [-0.2, -0.15) is 0 Å². The molecule has 4 rings (SSSR count). The number of rotatable bonds is 4. The lowest BCUT2D eigenvalue weighted by molar-refractivity contribution is 0.295. The predicted molar refractivity (Wildman–Crippen MR) is 102 cm³/mol. The first-order chi connectivity index (χ1) is 12.3. The maximum atomic E-state index is 5.97. The van der Waals surface area contributed by atoms with Crippen molar-refractivity contribution >= 4 is 11.3 Å². The number of hydrogen-bond donors (Lipinski definition) is 5. The Bertz CT molecular complexity index is 645. The zero-order valence-electron chi connectivity index (χ0n) is 15.0. The lowest BCUT2D eigenvalue weighted by Crippen LogP contribution is -2.61. The zero-order valence-corrected chi connectivity index (χ0v) is 15.0. The quantitative estimate of drug-likeness (QED) is 0.566. The van der Waals surface area contributed by atoms with Gasteiger partial charge in [-0.05, 0) is 50.6 Å². The van der Waals surface area contributed by atoms with Crippen molar-refractivity contribution in [2.75, 3.05) is 38.6 Å². The molecule has 0 radical (unpaired) electrons. The minimum Gasteiger partial charge on any atom is -0.492 e. The lowest BCUT2D eigenvalue weighted by atomic mass is 9.97. The van der Waals surface area contributed by atoms with Gasteiger partial charge >= 0.3 is 0 Å². The molecular weight excluding hydrogens is 314 g/mol. The van der Waals surface area contributed by atoms with Gasteiger partial charge < -0.3 is 20.7 Å². The van der Waals surface area contributed by atoms with E-state index in [-0.39, 0.29) is 6.29 Å². The fourth-order valence-corrected chi connectivity index (χ4v) is 3.88. The fourth-order valence-electron chi connectivity index (χ4n) is 3.88. The second kappa shape index (κ2) is 7.74. The monoisotopic (exact) mass is 343 g/mol. The average molecular weight is 343 g/mol. The normalized spacial score (nSPS) is 26.4. The first kappa shape index (κ1) is 16.8. The van der Waals surface area contributed by atoms with Crippen molar-refractivity contribution in [1.29, 1.82) is 0 Å². The van der Waals surface area contributed by atoms with Gasteiger partial charge in [-0.1, -0.05) is 6.08 Å². The van der Waals surface area contributed by atoms with Crippen LogP contribution in [0.4, 0.5) is 5.69 Å². The summed E-state index contributed by atoms with van der Waals surface area (Å²) in [6.45, 7) is 3.81. The molecule has 3 aliphatic rings. The van der Waals surface area contributed by atoms with Crippen molar-refractivity contribution in [2.24, 2.45) is 0 Å². The van der Waals surface area contributed by atoms with Crippen LogP contribution in [0.2, 0.25) is 0 Å². The number of fused-ring (bicyclic) bond motifs is 1. The molecule has 2 unspecified atom stereocenters. The highest BCUT2D eigenvalue weighted by molar-refractivity contribution is 5.76. The highest BCUT2D eigenvalue weighted by atomic mass is 16.5. The van der Waals surface area contributed by atoms with E-state index in [1.165, 1.54) is 23.1 Å². The largest absolute Gasteiger partial charge is 0.492 e. The van der Waals surface area contributed by atoms with Crippen molar-refractivity contribution in [3.05, 3.63) is 29.3 Å². The van der Waals surface area contributed by atoms with Crippen molar-refractivity contribution in [3.63, 3.8) is 0 Å². The Morgan fingerprint density at radius 2 is 2.16 bits per heavy atom. The van der Waals surface area contributed by atoms with Crippen LogP contribution >= 0.6 is 0 Å². The van der Waals surface area contributed by atoms with E-state index in [0.717, 1.165) is 56.9 Å². The Balaban J connectivity index is 1.58. The third-order valence-electron chi connectivity index (χ3n) is 5.23. The van der Waals surface area contributed by atoms with Gasteiger partial charge in [0.25, 0.3) is 0 Å². The molecule has 0 amide bonds. The van der Waals surface area contributed by atoms with Crippen LogP contribution in [0.25, 0.3) is 5.57 Å². The molecule has 1 aromatic carbocycles. The number of allylic oxidation sites excluding steroid dienone is 1. The Morgan fingerprint density at radius 1 is 1.20 bits per heavy atom. The number of ether oxygens (including phenoxy) is 1. The molecule has 3 heterocycles. The minimum atomic E-state index is 0.0733. The van der Waals surface area contributed by atoms with Gasteiger partial charge in [0.05, 0.1) is 12.8 Å². The molecule has 0 spiro atoms. The zero-order chi connectivity index (χ0) is 17.1. The summed E-state index contributed by atoms with van der Waals surface area (Å²) in [7, 11) is 2.00. The van der Waals surface area contributed by atoms with E-state index >= 15 is 0 Å². The number of nitrogens with one attached hydrogen (secondary N) is 5. The molecule has 5 N–H and O–H groups in total. The van der Waals surface area contributed by atoms with Gasteiger partial charge in [0.2, 0.25) is 0 Å². The molecule has 3 aliphatic heterocycles. The Morgan fingerprint density at radius 3 is 3.08 bits per heavy atom. The first-order valence-corrected chi connectivity index (χ1v) is 9.46. The molecule has 1 saturated heterocycles. The highest BCUT2D eigenvalue weighted by Crippen LogP contribution is 2.38. The maximum absolute atomic E-state index is 5.97. The summed E-state index contributed by atoms with van der Waals surface area (Å²) in [5.41, 5.74) is 5.14. The number of benzene rings is 1. The van der Waals surface area contributed by atoms with Crippen molar-refractivity contribution in [3.8, 4) is 5.75 Å². The molecular formula is C19H29N5O. The third kappa shape index (κ3) is 3.82. The average Bonchev–Trinajstić information content (AvgIpc) is 2.94. The lowest BCUT2D eigenvalue weighted by Gasteiger charge is -2.33. The van der Waals surface area contributed by atoms with E-state index in [9.17, 15) is 0 Å². The van der Waals surface area contributed by atoms with Gasteiger partial charge in [0, 0.05) is 36.3 Å². The standard InChI is InChI=1S/C19H29N5O/c1-20-17-5-9-22-19(24-17)23-15-11-14-6-10-25-18(14)16(12-15)13-3-2-7-21-8-4-13/h4,11-12,17,19-24H,2-3,5-10H2,1H3. The van der Waals surface area contributed by atoms with Gasteiger partial charge in [0.15, 0.2) is 0 Å². The van der Waals surface area contributed by atoms with Crippen molar-refractivity contribution in [2.45, 2.75) is 38.1 Å². The molecule has 2 atom stereocenters. The Labute approximate surface area is 149 Å². The van der Waals surface area contributed by atoms with Crippen molar-refractivity contribution < 1.29 is 4.74 Å². The van der Waals surface area contributed by atoms with E-state index < -0.39 is 0 Å². The summed E-state index contributed by atoms with van der Waals surface area (Å²) in [6.07, 6.45) is 7.09. The first-order valence-electron chi connectivity index (χ1n) is 9.46. The van der Waals surface area contributed by atoms with E-state index in [0.29, 0.717) is 6.17 Å². The molecule has 0 saturated carbocycles. The van der Waals surface area contributed by atoms with Gasteiger partial charge in [-0.3, -0.25) is 10.6 Å². The second-order valence-electron chi connectivity index (χ2n) is 6.98. The van der Waals surface area contributed by atoms with Crippen LogP contribution in [0.1, 0.15) is 30.4 Å². The topological polar surface area (TPSA) is 69.4 Å². The molecule has 25 heavy (non-hydrogen) atoms. The molecule has 1 aromatic rings. The summed E-state index contributed by atoms with van der Waals surface area (Å²) in [6, 6.07) is 4.50. The maximum Gasteiger partial charge on any atom is 0.133 e. The highest BCUT2D eigenvalue weighted by Gasteiger charge is 2.23. The molecule has 6 heteroatoms.